The fourth-order valence-corrected chi connectivity index (χ4v) is 8.21. The monoisotopic (exact) mass is 725 g/mol. The molecule has 0 aliphatic heterocycles. The number of benzene rings is 8. The summed E-state index contributed by atoms with van der Waals surface area (Å²) in [6.07, 6.45) is 0. The van der Waals surface area contributed by atoms with Gasteiger partial charge in [-0.15, -0.1) is 0 Å². The summed E-state index contributed by atoms with van der Waals surface area (Å²) in [7, 11) is 0. The molecule has 0 radical (unpaired) electrons. The van der Waals surface area contributed by atoms with Gasteiger partial charge in [0.25, 0.3) is 0 Å². The Bertz CT molecular complexity index is 2840. The molecule has 0 N–H and O–H groups in total. The van der Waals surface area contributed by atoms with Crippen molar-refractivity contribution in [2.75, 3.05) is 4.90 Å². The maximum atomic E-state index is 6.51. The largest absolute Gasteiger partial charge is 0.456 e. The van der Waals surface area contributed by atoms with Gasteiger partial charge in [-0.25, -0.2) is 0 Å². The molecule has 0 bridgehead atoms. The molecular weight excluding hydrogens is 679 g/mol. The zero-order valence-corrected chi connectivity index (χ0v) is 33.1. The third kappa shape index (κ3) is 6.26. The maximum Gasteiger partial charge on any atom is 0.137 e. The van der Waals surface area contributed by atoms with Crippen molar-refractivity contribution in [2.45, 2.75) is 52.4 Å². The molecule has 1 heterocycles. The van der Waals surface area contributed by atoms with Crippen molar-refractivity contribution in [3.63, 3.8) is 0 Å². The van der Waals surface area contributed by atoms with Crippen LogP contribution in [0, 0.1) is 0 Å². The summed E-state index contributed by atoms with van der Waals surface area (Å²) in [6.45, 7) is 13.9. The fourth-order valence-electron chi connectivity index (χ4n) is 8.21. The number of hydrogen-bond acceptors (Lipinski definition) is 2. The van der Waals surface area contributed by atoms with Crippen LogP contribution in [-0.4, -0.2) is 0 Å². The second kappa shape index (κ2) is 13.7. The van der Waals surface area contributed by atoms with E-state index in [9.17, 15) is 0 Å². The van der Waals surface area contributed by atoms with Gasteiger partial charge >= 0.3 is 0 Å². The van der Waals surface area contributed by atoms with Crippen molar-refractivity contribution >= 4 is 49.8 Å². The van der Waals surface area contributed by atoms with Crippen LogP contribution in [-0.2, 0) is 10.8 Å². The van der Waals surface area contributed by atoms with Crippen LogP contribution >= 0.6 is 0 Å². The second-order valence-corrected chi connectivity index (χ2v) is 17.0. The van der Waals surface area contributed by atoms with E-state index in [1.54, 1.807) is 0 Å². The van der Waals surface area contributed by atoms with Crippen LogP contribution in [0.15, 0.2) is 180 Å². The van der Waals surface area contributed by atoms with Crippen LogP contribution < -0.4 is 4.90 Å². The third-order valence-electron chi connectivity index (χ3n) is 11.2. The quantitative estimate of drug-likeness (QED) is 0.170. The molecule has 56 heavy (non-hydrogen) atoms. The van der Waals surface area contributed by atoms with E-state index in [-0.39, 0.29) is 10.8 Å². The zero-order chi connectivity index (χ0) is 38.6. The average Bonchev–Trinajstić information content (AvgIpc) is 3.60. The molecule has 0 amide bonds. The highest BCUT2D eigenvalue weighted by Gasteiger charge is 2.26. The number of fused-ring (bicyclic) bond motifs is 4. The SMILES string of the molecule is CC(C)(C)c1cc(-c2cccc3cccc(-c4ccccc4N(c4ccccc4-c4ccccc4)c4cccc5oc6ccccc6c45)c23)cc(C(C)(C)C)c1. The van der Waals surface area contributed by atoms with Gasteiger partial charge in [0.05, 0.1) is 22.4 Å². The Morgan fingerprint density at radius 3 is 1.59 bits per heavy atom. The average molecular weight is 726 g/mol. The molecule has 0 spiro atoms. The summed E-state index contributed by atoms with van der Waals surface area (Å²) < 4.78 is 6.51. The normalized spacial score (nSPS) is 12.1. The van der Waals surface area contributed by atoms with Crippen LogP contribution in [0.2, 0.25) is 0 Å². The smallest absolute Gasteiger partial charge is 0.137 e. The molecule has 1 aromatic heterocycles. The first-order chi connectivity index (χ1) is 27.1. The number of furan rings is 1. The molecule has 9 rings (SSSR count). The first-order valence-electron chi connectivity index (χ1n) is 19.7. The summed E-state index contributed by atoms with van der Waals surface area (Å²) in [5.41, 5.74) is 14.8. The summed E-state index contributed by atoms with van der Waals surface area (Å²) in [6, 6.07) is 64.0. The van der Waals surface area contributed by atoms with Crippen LogP contribution in [0.1, 0.15) is 52.7 Å². The predicted octanol–water partition coefficient (Wildman–Crippen LogP) is 15.8. The topological polar surface area (TPSA) is 16.4 Å². The number of rotatable bonds is 6. The first-order valence-corrected chi connectivity index (χ1v) is 19.7. The number of anilines is 3. The van der Waals surface area contributed by atoms with Crippen molar-refractivity contribution < 1.29 is 4.42 Å². The molecule has 2 nitrogen and oxygen atoms in total. The van der Waals surface area contributed by atoms with Crippen molar-refractivity contribution in [3.05, 3.63) is 187 Å². The van der Waals surface area contributed by atoms with E-state index in [1.165, 1.54) is 38.6 Å². The second-order valence-electron chi connectivity index (χ2n) is 17.0. The van der Waals surface area contributed by atoms with Gasteiger partial charge in [-0.1, -0.05) is 187 Å². The van der Waals surface area contributed by atoms with Crippen molar-refractivity contribution in [3.8, 4) is 33.4 Å². The van der Waals surface area contributed by atoms with Gasteiger partial charge in [0.2, 0.25) is 0 Å². The molecule has 274 valence electrons. The van der Waals surface area contributed by atoms with E-state index in [1.807, 2.05) is 6.07 Å². The van der Waals surface area contributed by atoms with Gasteiger partial charge < -0.3 is 9.32 Å². The lowest BCUT2D eigenvalue weighted by Gasteiger charge is -2.31. The van der Waals surface area contributed by atoms with Crippen LogP contribution in [0.4, 0.5) is 17.1 Å². The maximum absolute atomic E-state index is 6.51. The summed E-state index contributed by atoms with van der Waals surface area (Å²) in [4.78, 5) is 2.46. The molecular formula is C54H47NO. The van der Waals surface area contributed by atoms with Crippen LogP contribution in [0.5, 0.6) is 0 Å². The first kappa shape index (κ1) is 35.3. The highest BCUT2D eigenvalue weighted by atomic mass is 16.3. The minimum absolute atomic E-state index is 0.000937. The molecule has 0 atom stereocenters. The summed E-state index contributed by atoms with van der Waals surface area (Å²) in [5.74, 6) is 0. The molecule has 0 aliphatic carbocycles. The fraction of sp³-hybridized carbons (Fsp3) is 0.148. The van der Waals surface area contributed by atoms with Crippen molar-refractivity contribution in [1.29, 1.82) is 0 Å². The summed E-state index contributed by atoms with van der Waals surface area (Å²) in [5, 5.41) is 4.65. The Balaban J connectivity index is 1.36. The highest BCUT2D eigenvalue weighted by molar-refractivity contribution is 6.15. The van der Waals surface area contributed by atoms with Crippen LogP contribution in [0.25, 0.3) is 66.1 Å². The Labute approximate surface area is 330 Å². The third-order valence-corrected chi connectivity index (χ3v) is 11.2. The lowest BCUT2D eigenvalue weighted by atomic mass is 9.78. The highest BCUT2D eigenvalue weighted by Crippen LogP contribution is 2.50. The van der Waals surface area contributed by atoms with E-state index in [4.69, 9.17) is 4.42 Å². The molecule has 9 aromatic rings. The number of hydrogen-bond donors (Lipinski definition) is 0. The van der Waals surface area contributed by atoms with Gasteiger partial charge in [-0.3, -0.25) is 0 Å². The molecule has 0 saturated heterocycles. The number of nitrogens with zero attached hydrogens (tertiary/aromatic N) is 1. The van der Waals surface area contributed by atoms with E-state index in [0.29, 0.717) is 0 Å². The molecule has 2 heteroatoms. The van der Waals surface area contributed by atoms with Crippen LogP contribution in [0.3, 0.4) is 0 Å². The van der Waals surface area contributed by atoms with Gasteiger partial charge in [0, 0.05) is 16.5 Å². The van der Waals surface area contributed by atoms with Crippen molar-refractivity contribution in [2.24, 2.45) is 0 Å². The lowest BCUT2D eigenvalue weighted by molar-refractivity contribution is 0.569. The standard InChI is InChI=1S/C54H47NO/c1-53(2,3)39-33-38(34-40(35-39)54(4,5)6)42-26-16-21-37-22-17-27-44(51(37)42)43-24-11-14-29-47(43)55(46-28-13-10-23-41(46)36-19-8-7-9-20-36)48-30-18-32-50-52(48)45-25-12-15-31-49(45)56-50/h7-35H,1-6H3. The zero-order valence-electron chi connectivity index (χ0n) is 33.1. The van der Waals surface area contributed by atoms with Gasteiger partial charge in [0.1, 0.15) is 11.2 Å². The van der Waals surface area contributed by atoms with Crippen molar-refractivity contribution in [1.82, 2.24) is 0 Å². The molecule has 0 saturated carbocycles. The van der Waals surface area contributed by atoms with E-state index >= 15 is 0 Å². The molecule has 0 aliphatic rings. The Morgan fingerprint density at radius 1 is 0.375 bits per heavy atom. The molecule has 8 aromatic carbocycles. The molecule has 0 fully saturated rings. The van der Waals surface area contributed by atoms with Gasteiger partial charge in [-0.2, -0.15) is 0 Å². The number of para-hydroxylation sites is 3. The minimum Gasteiger partial charge on any atom is -0.456 e. The molecule has 0 unspecified atom stereocenters. The Morgan fingerprint density at radius 2 is 0.893 bits per heavy atom. The van der Waals surface area contributed by atoms with Gasteiger partial charge in [0.15, 0.2) is 0 Å². The van der Waals surface area contributed by atoms with E-state index < -0.39 is 0 Å². The van der Waals surface area contributed by atoms with E-state index in [2.05, 4.69) is 216 Å². The van der Waals surface area contributed by atoms with Gasteiger partial charge in [-0.05, 0) is 85.3 Å². The van der Waals surface area contributed by atoms with E-state index in [0.717, 1.165) is 55.7 Å². The summed E-state index contributed by atoms with van der Waals surface area (Å²) >= 11 is 0. The predicted molar refractivity (Wildman–Crippen MR) is 240 cm³/mol. The lowest BCUT2D eigenvalue weighted by Crippen LogP contribution is -2.16. The minimum atomic E-state index is 0.000937. The Kier molecular flexibility index (Phi) is 8.66. The Hall–Kier alpha value is -6.38.